The van der Waals surface area contributed by atoms with E-state index >= 15 is 0 Å². The molecule has 1 saturated heterocycles. The topological polar surface area (TPSA) is 53.6 Å². The van der Waals surface area contributed by atoms with Crippen molar-refractivity contribution in [2.24, 2.45) is 0 Å². The fraction of sp³-hybridized carbons (Fsp3) is 0.650. The summed E-state index contributed by atoms with van der Waals surface area (Å²) < 4.78 is 18.7. The molecule has 1 amide bonds. The number of anilines is 1. The van der Waals surface area contributed by atoms with Gasteiger partial charge in [-0.2, -0.15) is 0 Å². The first-order valence-electron chi connectivity index (χ1n) is 9.82. The van der Waals surface area contributed by atoms with Gasteiger partial charge in [-0.15, -0.1) is 12.4 Å². The van der Waals surface area contributed by atoms with Crippen molar-refractivity contribution < 1.29 is 13.9 Å². The lowest BCUT2D eigenvalue weighted by Gasteiger charge is -2.48. The molecule has 2 N–H and O–H groups in total. The van der Waals surface area contributed by atoms with Crippen molar-refractivity contribution in [2.45, 2.75) is 50.6 Å². The zero-order chi connectivity index (χ0) is 19.3. The lowest BCUT2D eigenvalue weighted by molar-refractivity contribution is -0.118. The van der Waals surface area contributed by atoms with Crippen molar-refractivity contribution >= 4 is 35.6 Å². The average Bonchev–Trinajstić information content (AvgIpc) is 2.69. The lowest BCUT2D eigenvalue weighted by atomic mass is 9.79. The Morgan fingerprint density at radius 1 is 1.29 bits per heavy atom. The predicted octanol–water partition coefficient (Wildman–Crippen LogP) is 3.85. The van der Waals surface area contributed by atoms with E-state index < -0.39 is 5.82 Å². The highest BCUT2D eigenvalue weighted by Gasteiger charge is 2.38. The van der Waals surface area contributed by atoms with E-state index in [1.165, 1.54) is 37.5 Å². The first kappa shape index (κ1) is 23.4. The van der Waals surface area contributed by atoms with Crippen LogP contribution in [0.15, 0.2) is 18.2 Å². The highest BCUT2D eigenvalue weighted by atomic mass is 35.5. The van der Waals surface area contributed by atoms with Gasteiger partial charge in [-0.3, -0.25) is 9.69 Å². The third kappa shape index (κ3) is 5.80. The molecule has 0 aromatic heterocycles. The van der Waals surface area contributed by atoms with E-state index in [9.17, 15) is 9.18 Å². The molecule has 1 aromatic carbocycles. The van der Waals surface area contributed by atoms with E-state index in [1.807, 2.05) is 6.92 Å². The van der Waals surface area contributed by atoms with E-state index in [1.54, 1.807) is 0 Å². The molecule has 1 aliphatic heterocycles. The Bertz CT molecular complexity index is 650. The SMILES string of the molecule is CC(NCC1(N2CCOCC2)CCCCC1)C(=O)Nc1ccc(F)cc1Cl.Cl. The molecular formula is C20H30Cl2FN3O2. The Morgan fingerprint density at radius 3 is 2.61 bits per heavy atom. The summed E-state index contributed by atoms with van der Waals surface area (Å²) >= 11 is 6.01. The highest BCUT2D eigenvalue weighted by Crippen LogP contribution is 2.34. The van der Waals surface area contributed by atoms with E-state index in [4.69, 9.17) is 16.3 Å². The summed E-state index contributed by atoms with van der Waals surface area (Å²) in [4.78, 5) is 15.1. The van der Waals surface area contributed by atoms with Gasteiger partial charge in [0.1, 0.15) is 5.82 Å². The Hall–Kier alpha value is -0.920. The highest BCUT2D eigenvalue weighted by molar-refractivity contribution is 6.33. The normalized spacial score (nSPS) is 20.8. The number of carbonyl (C=O) groups excluding carboxylic acids is 1. The predicted molar refractivity (Wildman–Crippen MR) is 113 cm³/mol. The molecule has 1 atom stereocenters. The summed E-state index contributed by atoms with van der Waals surface area (Å²) in [5, 5.41) is 6.41. The number of hydrogen-bond donors (Lipinski definition) is 2. The summed E-state index contributed by atoms with van der Waals surface area (Å²) in [6, 6.07) is 3.60. The minimum atomic E-state index is -0.422. The average molecular weight is 434 g/mol. The van der Waals surface area contributed by atoms with Crippen LogP contribution in [-0.4, -0.2) is 55.2 Å². The Balaban J connectivity index is 0.00000280. The van der Waals surface area contributed by atoms with Crippen LogP contribution in [0.5, 0.6) is 0 Å². The Labute approximate surface area is 177 Å². The smallest absolute Gasteiger partial charge is 0.241 e. The van der Waals surface area contributed by atoms with Crippen LogP contribution in [0, 0.1) is 5.82 Å². The zero-order valence-electron chi connectivity index (χ0n) is 16.3. The summed E-state index contributed by atoms with van der Waals surface area (Å²) in [7, 11) is 0. The maximum atomic E-state index is 13.2. The molecule has 1 heterocycles. The van der Waals surface area contributed by atoms with Crippen molar-refractivity contribution in [3.8, 4) is 0 Å². The molecule has 0 bridgehead atoms. The summed E-state index contributed by atoms with van der Waals surface area (Å²) in [6.45, 7) is 6.09. The van der Waals surface area contributed by atoms with Gasteiger partial charge in [0.15, 0.2) is 0 Å². The molecule has 1 saturated carbocycles. The monoisotopic (exact) mass is 433 g/mol. The second-order valence-electron chi connectivity index (χ2n) is 7.60. The largest absolute Gasteiger partial charge is 0.379 e. The molecule has 5 nitrogen and oxygen atoms in total. The van der Waals surface area contributed by atoms with Crippen LogP contribution < -0.4 is 10.6 Å². The van der Waals surface area contributed by atoms with E-state index in [0.717, 1.165) is 45.7 Å². The first-order valence-corrected chi connectivity index (χ1v) is 10.2. The standard InChI is InChI=1S/C20H29ClFN3O2.ClH/c1-15(19(26)24-18-6-5-16(22)13-17(18)21)23-14-20(7-3-2-4-8-20)25-9-11-27-12-10-25;/h5-6,13,15,23H,2-4,7-12,14H2,1H3,(H,24,26);1H. The minimum Gasteiger partial charge on any atom is -0.379 e. The summed E-state index contributed by atoms with van der Waals surface area (Å²) in [6.07, 6.45) is 6.04. The third-order valence-corrected chi connectivity index (χ3v) is 6.10. The number of halogens is 3. The van der Waals surface area contributed by atoms with Gasteiger partial charge in [-0.05, 0) is 38.0 Å². The maximum absolute atomic E-state index is 13.2. The van der Waals surface area contributed by atoms with Crippen molar-refractivity contribution in [2.75, 3.05) is 38.2 Å². The molecule has 1 unspecified atom stereocenters. The number of amides is 1. The van der Waals surface area contributed by atoms with Crippen LogP contribution in [0.2, 0.25) is 5.02 Å². The molecule has 1 aliphatic carbocycles. The minimum absolute atomic E-state index is 0. The van der Waals surface area contributed by atoms with Crippen molar-refractivity contribution in [1.29, 1.82) is 0 Å². The third-order valence-electron chi connectivity index (χ3n) is 5.79. The van der Waals surface area contributed by atoms with Gasteiger partial charge in [0, 0.05) is 25.2 Å². The summed E-state index contributed by atoms with van der Waals surface area (Å²) in [5.41, 5.74) is 0.529. The van der Waals surface area contributed by atoms with Crippen LogP contribution in [0.4, 0.5) is 10.1 Å². The van der Waals surface area contributed by atoms with Crippen LogP contribution in [-0.2, 0) is 9.53 Å². The fourth-order valence-corrected chi connectivity index (χ4v) is 4.33. The number of nitrogens with zero attached hydrogens (tertiary/aromatic N) is 1. The van der Waals surface area contributed by atoms with Crippen molar-refractivity contribution in [3.63, 3.8) is 0 Å². The van der Waals surface area contributed by atoms with Gasteiger partial charge in [0.05, 0.1) is 30.0 Å². The zero-order valence-corrected chi connectivity index (χ0v) is 17.9. The molecule has 1 aromatic rings. The van der Waals surface area contributed by atoms with Crippen LogP contribution in [0.25, 0.3) is 0 Å². The van der Waals surface area contributed by atoms with Gasteiger partial charge in [0.2, 0.25) is 5.91 Å². The molecule has 3 rings (SSSR count). The second kappa shape index (κ2) is 10.7. The van der Waals surface area contributed by atoms with Gasteiger partial charge in [-0.1, -0.05) is 30.9 Å². The quantitative estimate of drug-likeness (QED) is 0.714. The number of nitrogens with one attached hydrogen (secondary N) is 2. The lowest BCUT2D eigenvalue weighted by Crippen LogP contribution is -2.60. The first-order chi connectivity index (χ1) is 13.0. The number of ether oxygens (including phenoxy) is 1. The summed E-state index contributed by atoms with van der Waals surface area (Å²) in [5.74, 6) is -0.592. The van der Waals surface area contributed by atoms with Crippen LogP contribution in [0.3, 0.4) is 0 Å². The molecule has 2 aliphatic rings. The maximum Gasteiger partial charge on any atom is 0.241 e. The number of hydrogen-bond acceptors (Lipinski definition) is 4. The van der Waals surface area contributed by atoms with Crippen LogP contribution in [0.1, 0.15) is 39.0 Å². The number of rotatable bonds is 6. The number of morpholine rings is 1. The molecule has 0 spiro atoms. The van der Waals surface area contributed by atoms with E-state index in [0.29, 0.717) is 5.69 Å². The van der Waals surface area contributed by atoms with Gasteiger partial charge in [-0.25, -0.2) is 4.39 Å². The van der Waals surface area contributed by atoms with Gasteiger partial charge < -0.3 is 15.4 Å². The Morgan fingerprint density at radius 2 is 1.96 bits per heavy atom. The number of carbonyl (C=O) groups is 1. The number of benzene rings is 1. The van der Waals surface area contributed by atoms with Crippen molar-refractivity contribution in [1.82, 2.24) is 10.2 Å². The van der Waals surface area contributed by atoms with Gasteiger partial charge >= 0.3 is 0 Å². The van der Waals surface area contributed by atoms with Crippen molar-refractivity contribution in [3.05, 3.63) is 29.0 Å². The second-order valence-corrected chi connectivity index (χ2v) is 8.01. The molecule has 158 valence electrons. The fourth-order valence-electron chi connectivity index (χ4n) is 4.12. The van der Waals surface area contributed by atoms with E-state index in [2.05, 4.69) is 15.5 Å². The molecular weight excluding hydrogens is 404 g/mol. The van der Waals surface area contributed by atoms with Crippen LogP contribution >= 0.6 is 24.0 Å². The Kier molecular flexibility index (Phi) is 8.96. The molecule has 8 heteroatoms. The van der Waals surface area contributed by atoms with E-state index in [-0.39, 0.29) is 34.9 Å². The molecule has 0 radical (unpaired) electrons. The molecule has 2 fully saturated rings. The van der Waals surface area contributed by atoms with Gasteiger partial charge in [0.25, 0.3) is 0 Å². The molecule has 28 heavy (non-hydrogen) atoms.